The number of pyridine rings is 1. The largest absolute Gasteiger partial charge is 0.376 e. The van der Waals surface area contributed by atoms with Gasteiger partial charge in [0.1, 0.15) is 0 Å². The van der Waals surface area contributed by atoms with Crippen LogP contribution in [0.5, 0.6) is 0 Å². The van der Waals surface area contributed by atoms with Crippen LogP contribution in [0.3, 0.4) is 0 Å². The van der Waals surface area contributed by atoms with Gasteiger partial charge in [-0.3, -0.25) is 4.79 Å². The molecule has 1 amide bonds. The van der Waals surface area contributed by atoms with E-state index in [0.717, 1.165) is 41.5 Å². The Morgan fingerprint density at radius 2 is 2.06 bits per heavy atom. The van der Waals surface area contributed by atoms with Crippen molar-refractivity contribution in [1.29, 1.82) is 0 Å². The summed E-state index contributed by atoms with van der Waals surface area (Å²) >= 11 is 6.01. The van der Waals surface area contributed by atoms with E-state index in [2.05, 4.69) is 39.8 Å². The lowest BCUT2D eigenvalue weighted by atomic mass is 10.1. The molecular formula is C23H22ClN5O2. The maximum absolute atomic E-state index is 13.4. The van der Waals surface area contributed by atoms with Crippen LogP contribution in [0.1, 0.15) is 34.3 Å². The summed E-state index contributed by atoms with van der Waals surface area (Å²) in [5.41, 5.74) is 4.21. The van der Waals surface area contributed by atoms with E-state index in [1.807, 2.05) is 11.8 Å². The standard InChI is InChI=1S/C23H22ClN5O2/c1-15-4-5-17-12-18(22-25-26-27-29(22)21(17)11-15)13-28(14-20-3-2-10-31-20)23(30)16-6-8-19(24)9-7-16/h4-9,11-12,20H,2-3,10,13-14H2,1H3. The maximum atomic E-state index is 13.4. The van der Waals surface area contributed by atoms with E-state index in [1.165, 1.54) is 0 Å². The summed E-state index contributed by atoms with van der Waals surface area (Å²) < 4.78 is 7.57. The number of rotatable bonds is 5. The van der Waals surface area contributed by atoms with Crippen molar-refractivity contribution in [3.8, 4) is 0 Å². The Bertz CT molecular complexity index is 1250. The van der Waals surface area contributed by atoms with Crippen molar-refractivity contribution in [1.82, 2.24) is 24.9 Å². The molecule has 1 aliphatic rings. The second-order valence-corrected chi connectivity index (χ2v) is 8.41. The van der Waals surface area contributed by atoms with Crippen molar-refractivity contribution in [3.05, 3.63) is 70.2 Å². The Balaban J connectivity index is 1.54. The second kappa shape index (κ2) is 8.24. The SMILES string of the molecule is Cc1ccc2cc(CN(CC3CCCO3)C(=O)c3ccc(Cl)cc3)c3nnnn3c2c1. The number of halogens is 1. The fourth-order valence-electron chi connectivity index (χ4n) is 4.11. The van der Waals surface area contributed by atoms with Gasteiger partial charge in [0.05, 0.1) is 11.6 Å². The van der Waals surface area contributed by atoms with Gasteiger partial charge in [-0.1, -0.05) is 23.7 Å². The van der Waals surface area contributed by atoms with Gasteiger partial charge in [0.25, 0.3) is 5.91 Å². The van der Waals surface area contributed by atoms with Crippen LogP contribution in [0.15, 0.2) is 48.5 Å². The van der Waals surface area contributed by atoms with Crippen molar-refractivity contribution in [3.63, 3.8) is 0 Å². The molecule has 1 unspecified atom stereocenters. The zero-order valence-electron chi connectivity index (χ0n) is 17.2. The summed E-state index contributed by atoms with van der Waals surface area (Å²) in [6.45, 7) is 3.68. The maximum Gasteiger partial charge on any atom is 0.254 e. The number of hydrogen-bond donors (Lipinski definition) is 0. The normalized spacial score (nSPS) is 16.3. The molecule has 8 heteroatoms. The summed E-state index contributed by atoms with van der Waals surface area (Å²) in [5, 5.41) is 13.9. The van der Waals surface area contributed by atoms with E-state index in [4.69, 9.17) is 16.3 Å². The number of amides is 1. The number of nitrogens with zero attached hydrogens (tertiary/aromatic N) is 5. The number of carbonyl (C=O) groups is 1. The molecule has 3 heterocycles. The molecule has 1 saturated heterocycles. The van der Waals surface area contributed by atoms with Gasteiger partial charge in [0, 0.05) is 41.2 Å². The van der Waals surface area contributed by atoms with Gasteiger partial charge in [0.2, 0.25) is 0 Å². The van der Waals surface area contributed by atoms with Crippen molar-refractivity contribution in [2.45, 2.75) is 32.4 Å². The van der Waals surface area contributed by atoms with Crippen molar-refractivity contribution in [2.75, 3.05) is 13.2 Å². The van der Waals surface area contributed by atoms with Gasteiger partial charge < -0.3 is 9.64 Å². The van der Waals surface area contributed by atoms with E-state index in [-0.39, 0.29) is 12.0 Å². The molecule has 158 valence electrons. The average molecular weight is 436 g/mol. The molecule has 0 saturated carbocycles. The number of tetrazole rings is 1. The summed E-state index contributed by atoms with van der Waals surface area (Å²) in [6.07, 6.45) is 2.00. The second-order valence-electron chi connectivity index (χ2n) is 7.97. The highest BCUT2D eigenvalue weighted by Gasteiger charge is 2.25. The molecule has 2 aromatic heterocycles. The number of aromatic nitrogens is 4. The van der Waals surface area contributed by atoms with Crippen molar-refractivity contribution >= 4 is 34.1 Å². The number of aryl methyl sites for hydroxylation is 1. The van der Waals surface area contributed by atoms with Crippen LogP contribution < -0.4 is 0 Å². The quantitative estimate of drug-likeness (QED) is 0.472. The zero-order chi connectivity index (χ0) is 21.4. The topological polar surface area (TPSA) is 72.6 Å². The molecule has 0 aliphatic carbocycles. The molecule has 0 spiro atoms. The predicted octanol–water partition coefficient (Wildman–Crippen LogP) is 4.06. The molecule has 4 aromatic rings. The molecular weight excluding hydrogens is 414 g/mol. The van der Waals surface area contributed by atoms with Crippen LogP contribution in [-0.2, 0) is 11.3 Å². The Labute approximate surface area is 184 Å². The van der Waals surface area contributed by atoms with E-state index >= 15 is 0 Å². The third kappa shape index (κ3) is 3.98. The Morgan fingerprint density at radius 3 is 2.84 bits per heavy atom. The van der Waals surface area contributed by atoms with E-state index in [0.29, 0.717) is 29.3 Å². The third-order valence-electron chi connectivity index (χ3n) is 5.69. The average Bonchev–Trinajstić information content (AvgIpc) is 3.46. The third-order valence-corrected chi connectivity index (χ3v) is 5.94. The fraction of sp³-hybridized carbons (Fsp3) is 0.304. The van der Waals surface area contributed by atoms with Crippen molar-refractivity contribution in [2.24, 2.45) is 0 Å². The molecule has 0 bridgehead atoms. The Morgan fingerprint density at radius 1 is 1.23 bits per heavy atom. The number of fused-ring (bicyclic) bond motifs is 3. The molecule has 0 radical (unpaired) electrons. The first-order valence-electron chi connectivity index (χ1n) is 10.4. The predicted molar refractivity (Wildman–Crippen MR) is 118 cm³/mol. The molecule has 1 fully saturated rings. The van der Waals surface area contributed by atoms with Crippen LogP contribution >= 0.6 is 11.6 Å². The van der Waals surface area contributed by atoms with Crippen LogP contribution in [-0.4, -0.2) is 50.1 Å². The highest BCUT2D eigenvalue weighted by molar-refractivity contribution is 6.30. The summed E-state index contributed by atoms with van der Waals surface area (Å²) in [4.78, 5) is 15.2. The summed E-state index contributed by atoms with van der Waals surface area (Å²) in [7, 11) is 0. The van der Waals surface area contributed by atoms with Crippen molar-refractivity contribution < 1.29 is 9.53 Å². The Hall–Kier alpha value is -3.03. The van der Waals surface area contributed by atoms with Gasteiger partial charge in [-0.15, -0.1) is 5.10 Å². The van der Waals surface area contributed by atoms with Crippen LogP contribution in [0, 0.1) is 6.92 Å². The summed E-state index contributed by atoms with van der Waals surface area (Å²) in [6, 6.07) is 15.2. The first kappa shape index (κ1) is 19.9. The lowest BCUT2D eigenvalue weighted by molar-refractivity contribution is 0.0508. The first-order valence-corrected chi connectivity index (χ1v) is 10.7. The highest BCUT2D eigenvalue weighted by atomic mass is 35.5. The van der Waals surface area contributed by atoms with Crippen LogP contribution in [0.4, 0.5) is 0 Å². The molecule has 31 heavy (non-hydrogen) atoms. The van der Waals surface area contributed by atoms with E-state index in [9.17, 15) is 4.79 Å². The zero-order valence-corrected chi connectivity index (χ0v) is 17.9. The lowest BCUT2D eigenvalue weighted by Crippen LogP contribution is -2.37. The van der Waals surface area contributed by atoms with Gasteiger partial charge >= 0.3 is 0 Å². The fourth-order valence-corrected chi connectivity index (χ4v) is 4.24. The molecule has 5 rings (SSSR count). The highest BCUT2D eigenvalue weighted by Crippen LogP contribution is 2.24. The lowest BCUT2D eigenvalue weighted by Gasteiger charge is -2.26. The smallest absolute Gasteiger partial charge is 0.254 e. The van der Waals surface area contributed by atoms with Crippen LogP contribution in [0.2, 0.25) is 5.02 Å². The van der Waals surface area contributed by atoms with Gasteiger partial charge in [-0.25, -0.2) is 0 Å². The number of benzene rings is 2. The number of hydrogen-bond acceptors (Lipinski definition) is 5. The molecule has 1 aliphatic heterocycles. The molecule has 7 nitrogen and oxygen atoms in total. The summed E-state index contributed by atoms with van der Waals surface area (Å²) in [5.74, 6) is -0.0678. The van der Waals surface area contributed by atoms with Gasteiger partial charge in [-0.2, -0.15) is 4.52 Å². The van der Waals surface area contributed by atoms with E-state index in [1.54, 1.807) is 28.8 Å². The minimum atomic E-state index is -0.0678. The number of carbonyl (C=O) groups excluding carboxylic acids is 1. The molecule has 0 N–H and O–H groups in total. The van der Waals surface area contributed by atoms with Gasteiger partial charge in [-0.05, 0) is 72.2 Å². The molecule has 1 atom stereocenters. The number of ether oxygens (including phenoxy) is 1. The minimum absolute atomic E-state index is 0.0337. The monoisotopic (exact) mass is 435 g/mol. The first-order chi connectivity index (χ1) is 15.1. The minimum Gasteiger partial charge on any atom is -0.376 e. The molecule has 2 aromatic carbocycles. The van der Waals surface area contributed by atoms with E-state index < -0.39 is 0 Å². The van der Waals surface area contributed by atoms with Gasteiger partial charge in [0.15, 0.2) is 5.65 Å². The van der Waals surface area contributed by atoms with Crippen LogP contribution in [0.25, 0.3) is 16.6 Å². The Kier molecular flexibility index (Phi) is 5.29.